The van der Waals surface area contributed by atoms with Crippen LogP contribution in [0.4, 0.5) is 4.39 Å². The minimum absolute atomic E-state index is 0.0659. The number of halogens is 1. The molecule has 6 heteroatoms. The molecule has 1 atom stereocenters. The quantitative estimate of drug-likeness (QED) is 0.245. The van der Waals surface area contributed by atoms with Crippen molar-refractivity contribution >= 4 is 16.8 Å². The summed E-state index contributed by atoms with van der Waals surface area (Å²) < 4.78 is 14.4. The van der Waals surface area contributed by atoms with Gasteiger partial charge in [-0.1, -0.05) is 54.6 Å². The average molecular weight is 526 g/mol. The number of hydrogen-bond donors (Lipinski definition) is 2. The summed E-state index contributed by atoms with van der Waals surface area (Å²) in [7, 11) is 0. The zero-order valence-corrected chi connectivity index (χ0v) is 21.4. The molecule has 0 saturated carbocycles. The van der Waals surface area contributed by atoms with E-state index in [4.69, 9.17) is 0 Å². The van der Waals surface area contributed by atoms with E-state index in [9.17, 15) is 14.3 Å². The number of hydrogen-bond acceptors (Lipinski definition) is 3. The van der Waals surface area contributed by atoms with Crippen LogP contribution in [0.1, 0.15) is 33.2 Å². The van der Waals surface area contributed by atoms with Gasteiger partial charge in [-0.15, -0.1) is 0 Å². The summed E-state index contributed by atoms with van der Waals surface area (Å²) in [4.78, 5) is 23.1. The number of aromatic amines is 1. The van der Waals surface area contributed by atoms with Crippen molar-refractivity contribution in [1.29, 1.82) is 0 Å². The molecule has 1 aliphatic heterocycles. The Morgan fingerprint density at radius 3 is 2.27 bits per heavy atom. The molecule has 3 heterocycles. The molecule has 0 fully saturated rings. The van der Waals surface area contributed by atoms with E-state index >= 15 is 0 Å². The average Bonchev–Trinajstić information content (AvgIpc) is 3.56. The molecule has 40 heavy (non-hydrogen) atoms. The number of fused-ring (bicyclic) bond motifs is 2. The fourth-order valence-corrected chi connectivity index (χ4v) is 5.60. The van der Waals surface area contributed by atoms with Crippen LogP contribution in [0, 0.1) is 5.82 Å². The summed E-state index contributed by atoms with van der Waals surface area (Å²) in [5.74, 6) is -0.711. The molecule has 7 rings (SSSR count). The van der Waals surface area contributed by atoms with E-state index in [0.29, 0.717) is 23.4 Å². The minimum atomic E-state index is -0.703. The van der Waals surface area contributed by atoms with Crippen molar-refractivity contribution in [2.75, 3.05) is 0 Å². The molecule has 0 radical (unpaired) electrons. The first-order chi connectivity index (χ1) is 19.5. The largest absolute Gasteiger partial charge is 0.508 e. The molecule has 2 N–H and O–H groups in total. The van der Waals surface area contributed by atoms with Crippen molar-refractivity contribution in [2.24, 2.45) is 0 Å². The molecule has 194 valence electrons. The number of pyridine rings is 1. The first-order valence-electron chi connectivity index (χ1n) is 13.1. The van der Waals surface area contributed by atoms with Gasteiger partial charge in [0.15, 0.2) is 0 Å². The number of nitrogens with zero attached hydrogens (tertiary/aromatic N) is 2. The Bertz CT molecular complexity index is 1850. The van der Waals surface area contributed by atoms with E-state index in [1.165, 1.54) is 18.2 Å². The first kappa shape index (κ1) is 23.9. The number of rotatable bonds is 5. The van der Waals surface area contributed by atoms with Crippen LogP contribution in [0.2, 0.25) is 0 Å². The number of phenolic OH excluding ortho intramolecular Hbond substituents is 1. The van der Waals surface area contributed by atoms with Gasteiger partial charge in [0.1, 0.15) is 17.6 Å². The first-order valence-corrected chi connectivity index (χ1v) is 13.1. The van der Waals surface area contributed by atoms with Gasteiger partial charge in [-0.05, 0) is 81.7 Å². The van der Waals surface area contributed by atoms with Gasteiger partial charge in [0, 0.05) is 41.3 Å². The maximum absolute atomic E-state index is 14.4. The standard InChI is InChI=1S/C34H24FN3O2/c35-27-11-12-32(39)29(19-27)33(31-18-25-3-1-2-4-30(25)37-31)38-20-26-10-9-24(17-28(26)34(38)40)22-7-5-21(6-8-22)23-13-15-36-16-14-23/h1-19,33,37,39H,20H2/t33-/m1/s1. The van der Waals surface area contributed by atoms with E-state index in [1.807, 2.05) is 72.8 Å². The van der Waals surface area contributed by atoms with Gasteiger partial charge in [0.25, 0.3) is 5.91 Å². The summed E-state index contributed by atoms with van der Waals surface area (Å²) in [6, 6.07) is 31.0. The van der Waals surface area contributed by atoms with Gasteiger partial charge in [0.2, 0.25) is 0 Å². The maximum Gasteiger partial charge on any atom is 0.255 e. The van der Waals surface area contributed by atoms with Crippen LogP contribution in [-0.4, -0.2) is 25.9 Å². The predicted octanol–water partition coefficient (Wildman–Crippen LogP) is 7.49. The topological polar surface area (TPSA) is 69.2 Å². The Morgan fingerprint density at radius 1 is 0.800 bits per heavy atom. The van der Waals surface area contributed by atoms with Gasteiger partial charge in [-0.25, -0.2) is 4.39 Å². The number of H-pyrrole nitrogens is 1. The molecule has 0 spiro atoms. The number of aromatic nitrogens is 2. The van der Waals surface area contributed by atoms with Crippen molar-refractivity contribution in [1.82, 2.24) is 14.9 Å². The number of nitrogens with one attached hydrogen (secondary N) is 1. The smallest absolute Gasteiger partial charge is 0.255 e. The molecular formula is C34H24FN3O2. The highest BCUT2D eigenvalue weighted by atomic mass is 19.1. The molecule has 0 aliphatic carbocycles. The van der Waals surface area contributed by atoms with E-state index in [2.05, 4.69) is 22.1 Å². The molecule has 4 aromatic carbocycles. The van der Waals surface area contributed by atoms with Crippen molar-refractivity contribution in [3.8, 4) is 28.0 Å². The van der Waals surface area contributed by atoms with Crippen LogP contribution in [-0.2, 0) is 6.54 Å². The zero-order valence-electron chi connectivity index (χ0n) is 21.4. The summed E-state index contributed by atoms with van der Waals surface area (Å²) in [5, 5.41) is 11.8. The lowest BCUT2D eigenvalue weighted by Crippen LogP contribution is -2.30. The van der Waals surface area contributed by atoms with Crippen LogP contribution in [0.3, 0.4) is 0 Å². The number of benzene rings is 4. The summed E-state index contributed by atoms with van der Waals surface area (Å²) >= 11 is 0. The molecule has 1 aliphatic rings. The zero-order chi connectivity index (χ0) is 27.2. The Kier molecular flexibility index (Phi) is 5.67. The molecule has 0 saturated heterocycles. The van der Waals surface area contributed by atoms with E-state index in [0.717, 1.165) is 38.7 Å². The number of carbonyl (C=O) groups is 1. The van der Waals surface area contributed by atoms with Crippen molar-refractivity contribution in [2.45, 2.75) is 12.6 Å². The Hall–Kier alpha value is -5.23. The normalized spacial score (nSPS) is 13.5. The second-order valence-corrected chi connectivity index (χ2v) is 10.0. The maximum atomic E-state index is 14.4. The van der Waals surface area contributed by atoms with Crippen LogP contribution >= 0.6 is 0 Å². The lowest BCUT2D eigenvalue weighted by Gasteiger charge is -2.28. The number of para-hydroxylation sites is 1. The van der Waals surface area contributed by atoms with Crippen molar-refractivity contribution in [3.63, 3.8) is 0 Å². The Morgan fingerprint density at radius 2 is 1.50 bits per heavy atom. The third-order valence-electron chi connectivity index (χ3n) is 7.61. The summed E-state index contributed by atoms with van der Waals surface area (Å²) in [5.41, 5.74) is 7.55. The fourth-order valence-electron chi connectivity index (χ4n) is 5.60. The molecule has 1 amide bonds. The van der Waals surface area contributed by atoms with Crippen molar-refractivity contribution < 1.29 is 14.3 Å². The van der Waals surface area contributed by atoms with Crippen LogP contribution in [0.25, 0.3) is 33.2 Å². The van der Waals surface area contributed by atoms with Crippen LogP contribution in [0.15, 0.2) is 116 Å². The minimum Gasteiger partial charge on any atom is -0.508 e. The number of phenols is 1. The van der Waals surface area contributed by atoms with Crippen LogP contribution < -0.4 is 0 Å². The van der Waals surface area contributed by atoms with E-state index in [1.54, 1.807) is 17.3 Å². The molecule has 6 aromatic rings. The van der Waals surface area contributed by atoms with E-state index < -0.39 is 11.9 Å². The third-order valence-corrected chi connectivity index (χ3v) is 7.61. The van der Waals surface area contributed by atoms with Crippen molar-refractivity contribution in [3.05, 3.63) is 144 Å². The molecular weight excluding hydrogens is 501 g/mol. The van der Waals surface area contributed by atoms with Gasteiger partial charge in [0.05, 0.1) is 0 Å². The molecule has 5 nitrogen and oxygen atoms in total. The Labute approximate surface area is 230 Å². The highest BCUT2D eigenvalue weighted by Crippen LogP contribution is 2.41. The second kappa shape index (κ2) is 9.50. The van der Waals surface area contributed by atoms with Gasteiger partial charge in [-0.2, -0.15) is 0 Å². The molecule has 2 aromatic heterocycles. The number of carbonyl (C=O) groups excluding carboxylic acids is 1. The number of aromatic hydroxyl groups is 1. The highest BCUT2D eigenvalue weighted by Gasteiger charge is 2.36. The lowest BCUT2D eigenvalue weighted by molar-refractivity contribution is 0.0726. The lowest BCUT2D eigenvalue weighted by atomic mass is 9.98. The second-order valence-electron chi connectivity index (χ2n) is 10.0. The summed E-state index contributed by atoms with van der Waals surface area (Å²) in [6.45, 7) is 0.339. The SMILES string of the molecule is O=C1c2cc(-c3ccc(-c4ccncc4)cc3)ccc2CN1[C@@H](c1cc2ccccc2[nH]1)c1cc(F)ccc1O. The van der Waals surface area contributed by atoms with Gasteiger partial charge >= 0.3 is 0 Å². The van der Waals surface area contributed by atoms with Gasteiger partial charge in [-0.3, -0.25) is 9.78 Å². The van der Waals surface area contributed by atoms with Gasteiger partial charge < -0.3 is 15.0 Å². The predicted molar refractivity (Wildman–Crippen MR) is 153 cm³/mol. The monoisotopic (exact) mass is 525 g/mol. The highest BCUT2D eigenvalue weighted by molar-refractivity contribution is 6.00. The number of amides is 1. The molecule has 0 bridgehead atoms. The third kappa shape index (κ3) is 4.10. The molecule has 0 unspecified atom stereocenters. The summed E-state index contributed by atoms with van der Waals surface area (Å²) in [6.07, 6.45) is 3.54. The van der Waals surface area contributed by atoms with E-state index in [-0.39, 0.29) is 11.7 Å². The Balaban J connectivity index is 1.26. The van der Waals surface area contributed by atoms with Crippen LogP contribution in [0.5, 0.6) is 5.75 Å². The fraction of sp³-hybridized carbons (Fsp3) is 0.0588.